The molecule has 1 aromatic carbocycles. The lowest BCUT2D eigenvalue weighted by atomic mass is 10.0. The number of aromatic nitrogens is 2. The second-order valence-electron chi connectivity index (χ2n) is 6.76. The number of carboxylic acid groups (broad SMARTS) is 2. The Morgan fingerprint density at radius 3 is 2.45 bits per heavy atom. The molecule has 0 radical (unpaired) electrons. The zero-order chi connectivity index (χ0) is 21.6. The Hall–Kier alpha value is -3.63. The van der Waals surface area contributed by atoms with Gasteiger partial charge in [0.25, 0.3) is 5.69 Å². The molecule has 0 aliphatic carbocycles. The summed E-state index contributed by atoms with van der Waals surface area (Å²) >= 11 is 0. The molecule has 0 saturated carbocycles. The summed E-state index contributed by atoms with van der Waals surface area (Å²) in [5.74, 6) is -0.862. The van der Waals surface area contributed by atoms with E-state index in [0.717, 1.165) is 4.90 Å². The molecule has 1 amide bonds. The predicted octanol–water partition coefficient (Wildman–Crippen LogP) is 2.66. The van der Waals surface area contributed by atoms with E-state index in [1.54, 1.807) is 0 Å². The van der Waals surface area contributed by atoms with Crippen molar-refractivity contribution < 1.29 is 29.6 Å². The first-order valence-corrected chi connectivity index (χ1v) is 8.85. The van der Waals surface area contributed by atoms with E-state index in [1.165, 1.54) is 41.5 Å². The number of benzene rings is 1. The first kappa shape index (κ1) is 21.7. The molecule has 0 spiro atoms. The summed E-state index contributed by atoms with van der Waals surface area (Å²) < 4.78 is 1.30. The van der Waals surface area contributed by atoms with Gasteiger partial charge in [-0.05, 0) is 24.5 Å². The van der Waals surface area contributed by atoms with Crippen molar-refractivity contribution in [3.05, 3.63) is 52.6 Å². The van der Waals surface area contributed by atoms with Gasteiger partial charge in [0.15, 0.2) is 5.75 Å². The Bertz CT molecular complexity index is 863. The second kappa shape index (κ2) is 9.53. The molecule has 11 heteroatoms. The number of carboxylic acids is 1. The second-order valence-corrected chi connectivity index (χ2v) is 6.76. The van der Waals surface area contributed by atoms with Crippen molar-refractivity contribution in [1.82, 2.24) is 14.6 Å². The van der Waals surface area contributed by atoms with E-state index in [4.69, 9.17) is 4.84 Å². The first-order chi connectivity index (χ1) is 13.7. The van der Waals surface area contributed by atoms with Crippen molar-refractivity contribution >= 4 is 17.7 Å². The van der Waals surface area contributed by atoms with Crippen molar-refractivity contribution in [3.63, 3.8) is 0 Å². The van der Waals surface area contributed by atoms with Crippen LogP contribution in [-0.4, -0.2) is 54.4 Å². The Balaban J connectivity index is 2.10. The monoisotopic (exact) mass is 406 g/mol. The van der Waals surface area contributed by atoms with Crippen molar-refractivity contribution in [3.8, 4) is 5.75 Å². The fraction of sp³-hybridized carbons (Fsp3) is 0.389. The summed E-state index contributed by atoms with van der Waals surface area (Å²) in [6.07, 6.45) is 1.88. The number of nitro groups is 1. The molecule has 0 aliphatic rings. The van der Waals surface area contributed by atoms with Gasteiger partial charge in [0.05, 0.1) is 16.8 Å². The molecule has 29 heavy (non-hydrogen) atoms. The van der Waals surface area contributed by atoms with Crippen LogP contribution < -0.4 is 4.84 Å². The highest BCUT2D eigenvalue weighted by Gasteiger charge is 2.30. The maximum atomic E-state index is 11.6. The number of rotatable bonds is 10. The minimum atomic E-state index is -1.32. The van der Waals surface area contributed by atoms with Crippen LogP contribution >= 0.6 is 0 Å². The molecule has 0 bridgehead atoms. The molecule has 2 rings (SSSR count). The smallest absolute Gasteiger partial charge is 0.408 e. The Morgan fingerprint density at radius 1 is 1.28 bits per heavy atom. The lowest BCUT2D eigenvalue weighted by Gasteiger charge is -2.27. The van der Waals surface area contributed by atoms with E-state index in [0.29, 0.717) is 11.4 Å². The quantitative estimate of drug-likeness (QED) is 0.452. The Kier molecular flexibility index (Phi) is 7.12. The Labute approximate surface area is 166 Å². The van der Waals surface area contributed by atoms with Crippen LogP contribution in [0.2, 0.25) is 0 Å². The number of imidazole rings is 1. The molecule has 2 aromatic rings. The molecule has 0 saturated heterocycles. The summed E-state index contributed by atoms with van der Waals surface area (Å²) in [7, 11) is 0. The highest BCUT2D eigenvalue weighted by atomic mass is 16.7. The zero-order valence-electron chi connectivity index (χ0n) is 16.0. The van der Waals surface area contributed by atoms with Crippen LogP contribution in [0.25, 0.3) is 0 Å². The van der Waals surface area contributed by atoms with Crippen LogP contribution in [0.5, 0.6) is 5.75 Å². The van der Waals surface area contributed by atoms with Crippen LogP contribution in [0.4, 0.5) is 10.5 Å². The molecular formula is C18H22N4O7. The van der Waals surface area contributed by atoms with Gasteiger partial charge in [0.2, 0.25) is 0 Å². The van der Waals surface area contributed by atoms with Crippen molar-refractivity contribution in [1.29, 1.82) is 0 Å². The van der Waals surface area contributed by atoms with Crippen LogP contribution in [0.15, 0.2) is 36.8 Å². The zero-order valence-corrected chi connectivity index (χ0v) is 16.0. The number of hydrogen-bond acceptors (Lipinski definition) is 6. The maximum Gasteiger partial charge on any atom is 0.408 e. The third-order valence-electron chi connectivity index (χ3n) is 4.14. The van der Waals surface area contributed by atoms with Crippen LogP contribution in [0.3, 0.4) is 0 Å². The number of carbonyl (C=O) groups is 2. The average molecular weight is 406 g/mol. The van der Waals surface area contributed by atoms with E-state index < -0.39 is 23.0 Å². The van der Waals surface area contributed by atoms with Gasteiger partial charge in [-0.15, -0.1) is 0 Å². The van der Waals surface area contributed by atoms with Crippen LogP contribution in [0, 0.1) is 16.0 Å². The molecule has 1 atom stereocenters. The fourth-order valence-electron chi connectivity index (χ4n) is 2.74. The van der Waals surface area contributed by atoms with Crippen molar-refractivity contribution in [2.75, 3.05) is 6.54 Å². The van der Waals surface area contributed by atoms with Crippen LogP contribution in [-0.2, 0) is 11.2 Å². The van der Waals surface area contributed by atoms with Gasteiger partial charge >= 0.3 is 12.1 Å². The van der Waals surface area contributed by atoms with E-state index in [9.17, 15) is 29.9 Å². The topological polar surface area (TPSA) is 148 Å². The highest BCUT2D eigenvalue weighted by Crippen LogP contribution is 2.19. The van der Waals surface area contributed by atoms with E-state index in [1.807, 2.05) is 13.8 Å². The summed E-state index contributed by atoms with van der Waals surface area (Å²) in [5.41, 5.74) is 0.438. The molecular weight excluding hydrogens is 384 g/mol. The van der Waals surface area contributed by atoms with Gasteiger partial charge in [-0.2, -0.15) is 4.73 Å². The predicted molar refractivity (Wildman–Crippen MR) is 101 cm³/mol. The van der Waals surface area contributed by atoms with E-state index >= 15 is 0 Å². The molecule has 1 unspecified atom stereocenters. The highest BCUT2D eigenvalue weighted by molar-refractivity contribution is 5.79. The van der Waals surface area contributed by atoms with Crippen molar-refractivity contribution in [2.24, 2.45) is 5.92 Å². The summed E-state index contributed by atoms with van der Waals surface area (Å²) in [6.45, 7) is 3.58. The van der Waals surface area contributed by atoms with Gasteiger partial charge < -0.3 is 15.1 Å². The number of nitrogens with zero attached hydrogens (tertiary/aromatic N) is 4. The normalized spacial score (nSPS) is 11.8. The maximum absolute atomic E-state index is 11.6. The minimum Gasteiger partial charge on any atom is -0.480 e. The van der Waals surface area contributed by atoms with Crippen LogP contribution in [0.1, 0.15) is 26.0 Å². The molecule has 1 heterocycles. The first-order valence-electron chi connectivity index (χ1n) is 8.85. The fourth-order valence-corrected chi connectivity index (χ4v) is 2.74. The Morgan fingerprint density at radius 2 is 1.93 bits per heavy atom. The van der Waals surface area contributed by atoms with Gasteiger partial charge in [0.1, 0.15) is 12.4 Å². The number of non-ortho nitro benzene ring substituents is 1. The summed E-state index contributed by atoms with van der Waals surface area (Å²) in [6, 6.07) is 4.28. The third kappa shape index (κ3) is 5.92. The minimum absolute atomic E-state index is 0.00829. The molecule has 1 aromatic heterocycles. The van der Waals surface area contributed by atoms with Crippen molar-refractivity contribution in [2.45, 2.75) is 32.7 Å². The lowest BCUT2D eigenvalue weighted by Crippen LogP contribution is -2.46. The van der Waals surface area contributed by atoms with Gasteiger partial charge in [-0.3, -0.25) is 15.0 Å². The van der Waals surface area contributed by atoms with E-state index in [-0.39, 0.29) is 31.0 Å². The summed E-state index contributed by atoms with van der Waals surface area (Å²) in [4.78, 5) is 43.8. The number of nitro benzene ring substituents is 1. The average Bonchev–Trinajstić information content (AvgIpc) is 3.07. The van der Waals surface area contributed by atoms with E-state index in [2.05, 4.69) is 4.98 Å². The third-order valence-corrected chi connectivity index (χ3v) is 4.14. The number of hydrogen-bond donors (Lipinski definition) is 2. The largest absolute Gasteiger partial charge is 0.480 e. The molecule has 0 aliphatic heterocycles. The molecule has 0 fully saturated rings. The SMILES string of the molecule is CC(C)CC(C(=O)O)N(CCc1cncn1Oc1ccc([N+](=O)[O-])cc1)C(=O)O. The van der Waals surface area contributed by atoms with Gasteiger partial charge in [-0.25, -0.2) is 14.6 Å². The number of aliphatic carboxylic acids is 1. The van der Waals surface area contributed by atoms with Gasteiger partial charge in [-0.1, -0.05) is 13.8 Å². The lowest BCUT2D eigenvalue weighted by molar-refractivity contribution is -0.384. The molecule has 2 N–H and O–H groups in total. The standard InChI is InChI=1S/C18H22N4O7/c1-12(2)9-16(17(23)24)20(18(25)26)8-7-14-10-19-11-21(14)29-15-5-3-13(4-6-15)22(27)28/h3-6,10-12,16H,7-9H2,1-2H3,(H,23,24)(H,25,26). The summed E-state index contributed by atoms with van der Waals surface area (Å²) in [5, 5.41) is 29.6. The molecule has 156 valence electrons. The number of amides is 1. The van der Waals surface area contributed by atoms with Gasteiger partial charge in [0, 0.05) is 25.1 Å². The molecule has 11 nitrogen and oxygen atoms in total.